The number of hydrogen-bond acceptors (Lipinski definition) is 4. The van der Waals surface area contributed by atoms with Crippen molar-refractivity contribution in [3.63, 3.8) is 0 Å². The number of rotatable bonds is 4. The van der Waals surface area contributed by atoms with Crippen LogP contribution in [-0.2, 0) is 14.3 Å². The minimum atomic E-state index is -0.228. The van der Waals surface area contributed by atoms with Crippen LogP contribution in [0.25, 0.3) is 0 Å². The van der Waals surface area contributed by atoms with Gasteiger partial charge in [0.2, 0.25) is 5.91 Å². The van der Waals surface area contributed by atoms with Crippen LogP contribution in [0.1, 0.15) is 40.0 Å². The lowest BCUT2D eigenvalue weighted by molar-refractivity contribution is -0.149. The van der Waals surface area contributed by atoms with Crippen LogP contribution >= 0.6 is 0 Å². The van der Waals surface area contributed by atoms with Gasteiger partial charge in [-0.3, -0.25) is 14.5 Å². The van der Waals surface area contributed by atoms with Gasteiger partial charge in [-0.1, -0.05) is 13.8 Å². The van der Waals surface area contributed by atoms with Gasteiger partial charge in [0.15, 0.2) is 0 Å². The fourth-order valence-corrected chi connectivity index (χ4v) is 3.66. The summed E-state index contributed by atoms with van der Waals surface area (Å²) < 4.78 is 5.11. The summed E-state index contributed by atoms with van der Waals surface area (Å²) in [5.41, 5.74) is 0. The lowest BCUT2D eigenvalue weighted by Crippen LogP contribution is -2.49. The Kier molecular flexibility index (Phi) is 5.62. The van der Waals surface area contributed by atoms with Gasteiger partial charge in [0.05, 0.1) is 13.2 Å². The molecule has 2 aliphatic heterocycles. The van der Waals surface area contributed by atoms with Crippen molar-refractivity contribution in [3.05, 3.63) is 0 Å². The van der Waals surface area contributed by atoms with Crippen molar-refractivity contribution in [1.29, 1.82) is 0 Å². The molecule has 5 heteroatoms. The number of esters is 1. The first-order valence-electron chi connectivity index (χ1n) is 8.19. The Morgan fingerprint density at radius 2 is 1.86 bits per heavy atom. The van der Waals surface area contributed by atoms with E-state index in [-0.39, 0.29) is 17.9 Å². The summed E-state index contributed by atoms with van der Waals surface area (Å²) in [5.74, 6) is 1.11. The molecule has 3 unspecified atom stereocenters. The third kappa shape index (κ3) is 4.19. The third-order valence-corrected chi connectivity index (χ3v) is 4.48. The molecule has 1 amide bonds. The molecule has 0 aliphatic carbocycles. The van der Waals surface area contributed by atoms with Crippen LogP contribution < -0.4 is 0 Å². The Morgan fingerprint density at radius 1 is 1.19 bits per heavy atom. The first-order chi connectivity index (χ1) is 10.0. The second-order valence-corrected chi connectivity index (χ2v) is 6.63. The van der Waals surface area contributed by atoms with E-state index in [1.165, 1.54) is 6.42 Å². The quantitative estimate of drug-likeness (QED) is 0.738. The zero-order valence-electron chi connectivity index (χ0n) is 13.5. The number of hydrogen-bond donors (Lipinski definition) is 0. The monoisotopic (exact) mass is 296 g/mol. The van der Waals surface area contributed by atoms with Crippen molar-refractivity contribution in [2.24, 2.45) is 11.8 Å². The zero-order valence-corrected chi connectivity index (χ0v) is 13.5. The van der Waals surface area contributed by atoms with Crippen LogP contribution in [0, 0.1) is 11.8 Å². The molecule has 0 aromatic carbocycles. The minimum Gasteiger partial charge on any atom is -0.465 e. The molecule has 120 valence electrons. The summed E-state index contributed by atoms with van der Waals surface area (Å²) in [4.78, 5) is 28.4. The molecule has 5 nitrogen and oxygen atoms in total. The highest BCUT2D eigenvalue weighted by atomic mass is 16.5. The van der Waals surface area contributed by atoms with Crippen LogP contribution in [0.5, 0.6) is 0 Å². The first-order valence-corrected chi connectivity index (χ1v) is 8.19. The molecule has 0 aromatic heterocycles. The van der Waals surface area contributed by atoms with Gasteiger partial charge in [-0.2, -0.15) is 0 Å². The SMILES string of the molecule is CCOC(=O)C1CCCN1CC(=O)N1CC(C)CC(C)C1. The Balaban J connectivity index is 1.90. The molecule has 2 fully saturated rings. The molecule has 0 aromatic rings. The molecule has 0 N–H and O–H groups in total. The number of piperidine rings is 1. The van der Waals surface area contributed by atoms with E-state index in [4.69, 9.17) is 4.74 Å². The van der Waals surface area contributed by atoms with E-state index in [1.54, 1.807) is 0 Å². The number of nitrogens with zero attached hydrogens (tertiary/aromatic N) is 2. The molecule has 2 heterocycles. The lowest BCUT2D eigenvalue weighted by atomic mass is 9.92. The van der Waals surface area contributed by atoms with E-state index >= 15 is 0 Å². The maximum absolute atomic E-state index is 12.5. The number of carbonyl (C=O) groups excluding carboxylic acids is 2. The van der Waals surface area contributed by atoms with Gasteiger partial charge in [-0.25, -0.2) is 0 Å². The minimum absolute atomic E-state index is 0.157. The van der Waals surface area contributed by atoms with Gasteiger partial charge in [0, 0.05) is 13.1 Å². The predicted molar refractivity (Wildman–Crippen MR) is 80.8 cm³/mol. The highest BCUT2D eigenvalue weighted by Gasteiger charge is 2.34. The molecule has 2 saturated heterocycles. The molecule has 2 rings (SSSR count). The van der Waals surface area contributed by atoms with Crippen molar-refractivity contribution in [3.8, 4) is 0 Å². The summed E-state index contributed by atoms with van der Waals surface area (Å²) in [6.07, 6.45) is 2.96. The summed E-state index contributed by atoms with van der Waals surface area (Å²) in [6.45, 7) is 9.48. The van der Waals surface area contributed by atoms with E-state index in [0.29, 0.717) is 25.0 Å². The third-order valence-electron chi connectivity index (χ3n) is 4.48. The van der Waals surface area contributed by atoms with Crippen LogP contribution in [0.15, 0.2) is 0 Å². The molecule has 0 bridgehead atoms. The average Bonchev–Trinajstić information content (AvgIpc) is 2.86. The van der Waals surface area contributed by atoms with Gasteiger partial charge >= 0.3 is 5.97 Å². The molecule has 0 spiro atoms. The second-order valence-electron chi connectivity index (χ2n) is 6.63. The van der Waals surface area contributed by atoms with Crippen molar-refractivity contribution in [1.82, 2.24) is 9.80 Å². The van der Waals surface area contributed by atoms with E-state index in [0.717, 1.165) is 32.5 Å². The van der Waals surface area contributed by atoms with E-state index in [2.05, 4.69) is 13.8 Å². The number of carbonyl (C=O) groups is 2. The Bertz CT molecular complexity index is 376. The molecule has 2 aliphatic rings. The molecular formula is C16H28N2O3. The highest BCUT2D eigenvalue weighted by Crippen LogP contribution is 2.23. The maximum Gasteiger partial charge on any atom is 0.323 e. The van der Waals surface area contributed by atoms with Gasteiger partial charge in [-0.15, -0.1) is 0 Å². The van der Waals surface area contributed by atoms with Crippen LogP contribution in [0.2, 0.25) is 0 Å². The van der Waals surface area contributed by atoms with Gasteiger partial charge in [0.1, 0.15) is 6.04 Å². The van der Waals surface area contributed by atoms with Gasteiger partial charge < -0.3 is 9.64 Å². The van der Waals surface area contributed by atoms with Crippen molar-refractivity contribution < 1.29 is 14.3 Å². The standard InChI is InChI=1S/C16H28N2O3/c1-4-21-16(20)14-6-5-7-17(14)11-15(19)18-9-12(2)8-13(3)10-18/h12-14H,4-11H2,1-3H3. The maximum atomic E-state index is 12.5. The van der Waals surface area contributed by atoms with E-state index < -0.39 is 0 Å². The zero-order chi connectivity index (χ0) is 15.4. The second kappa shape index (κ2) is 7.25. The Hall–Kier alpha value is -1.10. The predicted octanol–water partition coefficient (Wildman–Crippen LogP) is 1.52. The van der Waals surface area contributed by atoms with Crippen molar-refractivity contribution in [2.75, 3.05) is 32.8 Å². The lowest BCUT2D eigenvalue weighted by Gasteiger charge is -2.36. The average molecular weight is 296 g/mol. The Labute approximate surface area is 127 Å². The van der Waals surface area contributed by atoms with E-state index in [1.807, 2.05) is 16.7 Å². The summed E-state index contributed by atoms with van der Waals surface area (Å²) in [7, 11) is 0. The summed E-state index contributed by atoms with van der Waals surface area (Å²) in [6, 6.07) is -0.228. The van der Waals surface area contributed by atoms with Crippen LogP contribution in [0.4, 0.5) is 0 Å². The Morgan fingerprint density at radius 3 is 2.48 bits per heavy atom. The number of likely N-dealkylation sites (tertiary alicyclic amines) is 2. The number of amides is 1. The smallest absolute Gasteiger partial charge is 0.323 e. The highest BCUT2D eigenvalue weighted by molar-refractivity contribution is 5.81. The summed E-state index contributed by atoms with van der Waals surface area (Å²) in [5, 5.41) is 0. The van der Waals surface area contributed by atoms with Gasteiger partial charge in [-0.05, 0) is 44.6 Å². The fraction of sp³-hybridized carbons (Fsp3) is 0.875. The van der Waals surface area contributed by atoms with Gasteiger partial charge in [0.25, 0.3) is 0 Å². The van der Waals surface area contributed by atoms with Crippen molar-refractivity contribution >= 4 is 11.9 Å². The normalized spacial score (nSPS) is 30.4. The van der Waals surface area contributed by atoms with Crippen molar-refractivity contribution in [2.45, 2.75) is 46.1 Å². The number of ether oxygens (including phenoxy) is 1. The van der Waals surface area contributed by atoms with E-state index in [9.17, 15) is 9.59 Å². The van der Waals surface area contributed by atoms with Crippen LogP contribution in [-0.4, -0.2) is 60.5 Å². The van der Waals surface area contributed by atoms with Crippen LogP contribution in [0.3, 0.4) is 0 Å². The first kappa shape index (κ1) is 16.3. The molecule has 3 atom stereocenters. The largest absolute Gasteiger partial charge is 0.465 e. The molecule has 0 radical (unpaired) electrons. The molecule has 21 heavy (non-hydrogen) atoms. The fourth-order valence-electron chi connectivity index (χ4n) is 3.66. The topological polar surface area (TPSA) is 49.9 Å². The molecule has 0 saturated carbocycles. The molecular weight excluding hydrogens is 268 g/mol. The summed E-state index contributed by atoms with van der Waals surface area (Å²) >= 11 is 0.